The molecule has 2 N–H and O–H groups in total. The fourth-order valence-corrected chi connectivity index (χ4v) is 2.80. The monoisotopic (exact) mass is 413 g/mol. The van der Waals surface area contributed by atoms with Gasteiger partial charge in [0.25, 0.3) is 11.8 Å². The summed E-state index contributed by atoms with van der Waals surface area (Å²) in [6.07, 6.45) is 1.06. The number of phenols is 1. The molecule has 11 nitrogen and oxygen atoms in total. The van der Waals surface area contributed by atoms with Gasteiger partial charge in [-0.3, -0.25) is 25.0 Å². The Morgan fingerprint density at radius 1 is 1.13 bits per heavy atom. The fraction of sp³-hybridized carbons (Fsp3) is 0.105. The number of phenolic OH excluding ortho intramolecular Hbond substituents is 1. The number of nitro benzene ring substituents is 1. The minimum Gasteiger partial charge on any atom is -0.500 e. The zero-order valence-corrected chi connectivity index (χ0v) is 15.7. The quantitative estimate of drug-likeness (QED) is 0.327. The van der Waals surface area contributed by atoms with Crippen LogP contribution in [0.1, 0.15) is 5.56 Å². The molecule has 1 aliphatic rings. The van der Waals surface area contributed by atoms with Gasteiger partial charge in [0.05, 0.1) is 24.8 Å². The van der Waals surface area contributed by atoms with Crippen LogP contribution in [0.3, 0.4) is 0 Å². The smallest absolute Gasteiger partial charge is 0.335 e. The van der Waals surface area contributed by atoms with Crippen molar-refractivity contribution in [2.75, 3.05) is 19.1 Å². The van der Waals surface area contributed by atoms with Gasteiger partial charge in [-0.1, -0.05) is 6.07 Å². The maximum absolute atomic E-state index is 12.9. The number of aromatic hydroxyl groups is 1. The number of anilines is 1. The van der Waals surface area contributed by atoms with Crippen molar-refractivity contribution in [1.82, 2.24) is 5.32 Å². The van der Waals surface area contributed by atoms with Crippen molar-refractivity contribution in [2.45, 2.75) is 0 Å². The number of carbonyl (C=O) groups excluding carboxylic acids is 3. The second kappa shape index (κ2) is 7.91. The average Bonchev–Trinajstić information content (AvgIpc) is 2.71. The van der Waals surface area contributed by atoms with Crippen LogP contribution in [-0.4, -0.2) is 42.1 Å². The predicted molar refractivity (Wildman–Crippen MR) is 103 cm³/mol. The van der Waals surface area contributed by atoms with Crippen LogP contribution >= 0.6 is 0 Å². The Labute approximate surface area is 169 Å². The number of rotatable bonds is 5. The van der Waals surface area contributed by atoms with Crippen LogP contribution in [0.2, 0.25) is 0 Å². The standard InChI is InChI=1S/C19H15N3O8/c1-29-12-5-3-4-11(9-12)21-18(25)13(17(24)20-19(21)26)6-10-7-14(22(27)28)16(23)15(8-10)30-2/h3-9,23H,1-2H3,(H,20,24,26)/b13-6-. The second-order valence-corrected chi connectivity index (χ2v) is 6.01. The molecule has 0 spiro atoms. The molecule has 3 rings (SSSR count). The van der Waals surface area contributed by atoms with Crippen molar-refractivity contribution in [3.05, 3.63) is 57.6 Å². The molecule has 0 aromatic heterocycles. The highest BCUT2D eigenvalue weighted by Gasteiger charge is 2.37. The van der Waals surface area contributed by atoms with E-state index in [4.69, 9.17) is 9.47 Å². The Kier molecular flexibility index (Phi) is 5.36. The van der Waals surface area contributed by atoms with E-state index in [-0.39, 0.29) is 17.0 Å². The van der Waals surface area contributed by atoms with Crippen molar-refractivity contribution in [2.24, 2.45) is 0 Å². The van der Waals surface area contributed by atoms with Crippen LogP contribution in [0.25, 0.3) is 6.08 Å². The number of ether oxygens (including phenoxy) is 2. The van der Waals surface area contributed by atoms with Gasteiger partial charge >= 0.3 is 11.7 Å². The van der Waals surface area contributed by atoms with E-state index >= 15 is 0 Å². The SMILES string of the molecule is COc1cccc(N2C(=O)NC(=O)/C(=C/c3cc(OC)c(O)c([N+](=O)[O-])c3)C2=O)c1. The third-order valence-corrected chi connectivity index (χ3v) is 4.22. The van der Waals surface area contributed by atoms with Gasteiger partial charge < -0.3 is 14.6 Å². The first-order valence-electron chi connectivity index (χ1n) is 8.37. The first-order chi connectivity index (χ1) is 14.3. The Balaban J connectivity index is 2.09. The first-order valence-corrected chi connectivity index (χ1v) is 8.37. The molecule has 0 unspecified atom stereocenters. The zero-order valence-electron chi connectivity index (χ0n) is 15.7. The Bertz CT molecular complexity index is 1110. The number of amides is 4. The van der Waals surface area contributed by atoms with Crippen molar-refractivity contribution in [1.29, 1.82) is 0 Å². The summed E-state index contributed by atoms with van der Waals surface area (Å²) in [6.45, 7) is 0. The van der Waals surface area contributed by atoms with E-state index in [0.717, 1.165) is 17.0 Å². The van der Waals surface area contributed by atoms with Gasteiger partial charge in [-0.15, -0.1) is 0 Å². The third-order valence-electron chi connectivity index (χ3n) is 4.22. The predicted octanol–water partition coefficient (Wildman–Crippen LogP) is 1.98. The summed E-state index contributed by atoms with van der Waals surface area (Å²) in [5.41, 5.74) is -0.927. The zero-order chi connectivity index (χ0) is 22.0. The number of hydrogen-bond donors (Lipinski definition) is 2. The number of imide groups is 2. The maximum atomic E-state index is 12.9. The molecule has 154 valence electrons. The number of nitro groups is 1. The summed E-state index contributed by atoms with van der Waals surface area (Å²) in [5, 5.41) is 23.1. The normalized spacial score (nSPS) is 15.2. The summed E-state index contributed by atoms with van der Waals surface area (Å²) in [5.74, 6) is -2.45. The lowest BCUT2D eigenvalue weighted by molar-refractivity contribution is -0.386. The molecule has 0 bridgehead atoms. The molecule has 0 aliphatic carbocycles. The molecular formula is C19H15N3O8. The number of nitrogens with zero attached hydrogens (tertiary/aromatic N) is 2. The van der Waals surface area contributed by atoms with E-state index in [2.05, 4.69) is 0 Å². The van der Waals surface area contributed by atoms with Gasteiger partial charge in [0.1, 0.15) is 11.3 Å². The van der Waals surface area contributed by atoms with E-state index in [1.54, 1.807) is 12.1 Å². The summed E-state index contributed by atoms with van der Waals surface area (Å²) in [4.78, 5) is 48.5. The molecule has 0 atom stereocenters. The van der Waals surface area contributed by atoms with Gasteiger partial charge in [-0.2, -0.15) is 0 Å². The molecule has 11 heteroatoms. The first kappa shape index (κ1) is 20.3. The second-order valence-electron chi connectivity index (χ2n) is 6.01. The van der Waals surface area contributed by atoms with E-state index < -0.39 is 39.8 Å². The van der Waals surface area contributed by atoms with Crippen LogP contribution in [-0.2, 0) is 9.59 Å². The van der Waals surface area contributed by atoms with E-state index in [1.807, 2.05) is 5.32 Å². The number of nitrogens with one attached hydrogen (secondary N) is 1. The van der Waals surface area contributed by atoms with Crippen LogP contribution in [0.5, 0.6) is 17.2 Å². The van der Waals surface area contributed by atoms with Gasteiger partial charge in [0, 0.05) is 12.1 Å². The lowest BCUT2D eigenvalue weighted by Gasteiger charge is -2.26. The highest BCUT2D eigenvalue weighted by molar-refractivity contribution is 6.39. The summed E-state index contributed by atoms with van der Waals surface area (Å²) < 4.78 is 9.98. The van der Waals surface area contributed by atoms with Gasteiger partial charge in [-0.05, 0) is 29.8 Å². The lowest BCUT2D eigenvalue weighted by atomic mass is 10.1. The van der Waals surface area contributed by atoms with E-state index in [1.165, 1.54) is 32.4 Å². The van der Waals surface area contributed by atoms with Crippen molar-refractivity contribution in [3.63, 3.8) is 0 Å². The molecule has 30 heavy (non-hydrogen) atoms. The topological polar surface area (TPSA) is 148 Å². The van der Waals surface area contributed by atoms with E-state index in [9.17, 15) is 29.6 Å². The molecule has 4 amide bonds. The number of carbonyl (C=O) groups is 3. The minimum absolute atomic E-state index is 0.0368. The minimum atomic E-state index is -0.973. The summed E-state index contributed by atoms with van der Waals surface area (Å²) >= 11 is 0. The van der Waals surface area contributed by atoms with E-state index in [0.29, 0.717) is 5.75 Å². The largest absolute Gasteiger partial charge is 0.500 e. The van der Waals surface area contributed by atoms with Crippen LogP contribution < -0.4 is 19.7 Å². The molecule has 2 aromatic carbocycles. The Hall–Kier alpha value is -4.41. The number of urea groups is 1. The Morgan fingerprint density at radius 3 is 2.50 bits per heavy atom. The Morgan fingerprint density at radius 2 is 1.87 bits per heavy atom. The molecule has 2 aromatic rings. The van der Waals surface area contributed by atoms with Crippen molar-refractivity contribution < 1.29 is 33.9 Å². The van der Waals surface area contributed by atoms with Gasteiger partial charge in [0.2, 0.25) is 5.75 Å². The highest BCUT2D eigenvalue weighted by Crippen LogP contribution is 2.37. The summed E-state index contributed by atoms with van der Waals surface area (Å²) in [7, 11) is 2.61. The van der Waals surface area contributed by atoms with Crippen LogP contribution in [0.15, 0.2) is 42.0 Å². The molecule has 0 radical (unpaired) electrons. The molecule has 0 saturated carbocycles. The fourth-order valence-electron chi connectivity index (χ4n) is 2.80. The van der Waals surface area contributed by atoms with Gasteiger partial charge in [0.15, 0.2) is 5.75 Å². The molecule has 1 aliphatic heterocycles. The lowest BCUT2D eigenvalue weighted by Crippen LogP contribution is -2.54. The third kappa shape index (κ3) is 3.63. The van der Waals surface area contributed by atoms with Crippen molar-refractivity contribution in [3.8, 4) is 17.2 Å². The van der Waals surface area contributed by atoms with Crippen LogP contribution in [0, 0.1) is 10.1 Å². The maximum Gasteiger partial charge on any atom is 0.335 e. The average molecular weight is 413 g/mol. The number of methoxy groups -OCH3 is 2. The molecule has 1 saturated heterocycles. The molecule has 1 fully saturated rings. The molecular weight excluding hydrogens is 398 g/mol. The highest BCUT2D eigenvalue weighted by atomic mass is 16.6. The number of hydrogen-bond acceptors (Lipinski definition) is 8. The van der Waals surface area contributed by atoms with Crippen LogP contribution in [0.4, 0.5) is 16.2 Å². The summed E-state index contributed by atoms with van der Waals surface area (Å²) in [6, 6.07) is 7.30. The van der Waals surface area contributed by atoms with Gasteiger partial charge in [-0.25, -0.2) is 9.69 Å². The van der Waals surface area contributed by atoms with Crippen molar-refractivity contribution >= 4 is 35.3 Å². The number of benzene rings is 2. The molecule has 1 heterocycles. The number of barbiturate groups is 1.